The van der Waals surface area contributed by atoms with Crippen molar-refractivity contribution in [2.24, 2.45) is 0 Å². The van der Waals surface area contributed by atoms with Crippen molar-refractivity contribution >= 4 is 33.5 Å². The lowest BCUT2D eigenvalue weighted by atomic mass is 10.1. The number of nitrogens with zero attached hydrogens (tertiary/aromatic N) is 5. The second-order valence-electron chi connectivity index (χ2n) is 5.40. The maximum absolute atomic E-state index is 11.4. The van der Waals surface area contributed by atoms with E-state index in [2.05, 4.69) is 30.9 Å². The lowest BCUT2D eigenvalue weighted by molar-refractivity contribution is 0.0990. The van der Waals surface area contributed by atoms with Crippen LogP contribution in [-0.2, 0) is 4.74 Å². The normalized spacial score (nSPS) is 18.6. The number of anilines is 1. The van der Waals surface area contributed by atoms with Crippen LogP contribution in [0.25, 0.3) is 5.65 Å². The molecule has 1 atom stereocenters. The van der Waals surface area contributed by atoms with Gasteiger partial charge in [0.15, 0.2) is 5.65 Å². The highest BCUT2D eigenvalue weighted by Gasteiger charge is 2.30. The Labute approximate surface area is 141 Å². The maximum atomic E-state index is 11.4. The molecule has 1 N–H and O–H groups in total. The largest absolute Gasteiger partial charge is 0.465 e. The molecule has 0 aromatic carbocycles. The molecule has 9 heteroatoms. The highest BCUT2D eigenvalue weighted by molar-refractivity contribution is 9.10. The van der Waals surface area contributed by atoms with E-state index in [0.29, 0.717) is 32.7 Å². The molecule has 1 fully saturated rings. The van der Waals surface area contributed by atoms with Crippen LogP contribution < -0.4 is 4.90 Å². The van der Waals surface area contributed by atoms with E-state index in [1.165, 1.54) is 4.90 Å². The van der Waals surface area contributed by atoms with Crippen LogP contribution in [0.5, 0.6) is 0 Å². The Morgan fingerprint density at radius 1 is 1.52 bits per heavy atom. The molecule has 8 nitrogen and oxygen atoms in total. The molecular formula is C14H18BrN5O3. The van der Waals surface area contributed by atoms with E-state index in [1.54, 1.807) is 17.8 Å². The van der Waals surface area contributed by atoms with Crippen molar-refractivity contribution in [1.82, 2.24) is 19.5 Å². The zero-order valence-corrected chi connectivity index (χ0v) is 14.3. The van der Waals surface area contributed by atoms with Gasteiger partial charge < -0.3 is 19.6 Å². The van der Waals surface area contributed by atoms with Gasteiger partial charge in [-0.1, -0.05) is 0 Å². The fraction of sp³-hybridized carbons (Fsp3) is 0.500. The molecular weight excluding hydrogens is 366 g/mol. The van der Waals surface area contributed by atoms with Gasteiger partial charge in [0, 0.05) is 39.5 Å². The van der Waals surface area contributed by atoms with Gasteiger partial charge in [0.05, 0.1) is 16.7 Å². The number of ether oxygens (including phenoxy) is 1. The van der Waals surface area contributed by atoms with Crippen molar-refractivity contribution in [2.45, 2.75) is 12.5 Å². The molecule has 2 aromatic heterocycles. The summed E-state index contributed by atoms with van der Waals surface area (Å²) in [6, 6.07) is 1.79. The number of rotatable bonds is 4. The van der Waals surface area contributed by atoms with Crippen LogP contribution in [0, 0.1) is 0 Å². The van der Waals surface area contributed by atoms with Crippen molar-refractivity contribution < 1.29 is 14.6 Å². The molecule has 1 amide bonds. The highest BCUT2D eigenvalue weighted by atomic mass is 79.9. The molecule has 0 spiro atoms. The number of piperazine rings is 1. The zero-order valence-electron chi connectivity index (χ0n) is 12.7. The van der Waals surface area contributed by atoms with Crippen molar-refractivity contribution in [3.63, 3.8) is 0 Å². The topological polar surface area (TPSA) is 83.2 Å². The number of halogens is 1. The SMILES string of the molecule is COCCC1CN(c2ccn3ncc(Br)c3n2)CCN1C(=O)O. The van der Waals surface area contributed by atoms with Gasteiger partial charge in [0.2, 0.25) is 0 Å². The molecule has 23 heavy (non-hydrogen) atoms. The van der Waals surface area contributed by atoms with Crippen LogP contribution >= 0.6 is 15.9 Å². The monoisotopic (exact) mass is 383 g/mol. The van der Waals surface area contributed by atoms with Crippen LogP contribution in [0.15, 0.2) is 22.9 Å². The Balaban J connectivity index is 1.81. The number of carboxylic acid groups (broad SMARTS) is 1. The summed E-state index contributed by atoms with van der Waals surface area (Å²) >= 11 is 3.43. The summed E-state index contributed by atoms with van der Waals surface area (Å²) in [5.41, 5.74) is 0.747. The van der Waals surface area contributed by atoms with E-state index in [1.807, 2.05) is 12.3 Å². The molecule has 0 saturated carbocycles. The number of fused-ring (bicyclic) bond motifs is 1. The number of amides is 1. The third kappa shape index (κ3) is 3.25. The third-order valence-electron chi connectivity index (χ3n) is 4.02. The minimum absolute atomic E-state index is 0.104. The van der Waals surface area contributed by atoms with Crippen LogP contribution in [-0.4, -0.2) is 70.1 Å². The molecule has 0 aliphatic carbocycles. The van der Waals surface area contributed by atoms with Crippen molar-refractivity contribution in [2.75, 3.05) is 38.3 Å². The molecule has 0 bridgehead atoms. The van der Waals surface area contributed by atoms with Gasteiger partial charge in [-0.05, 0) is 28.4 Å². The number of hydrogen-bond acceptors (Lipinski definition) is 5. The first-order valence-electron chi connectivity index (χ1n) is 7.33. The predicted molar refractivity (Wildman–Crippen MR) is 87.9 cm³/mol. The molecule has 3 heterocycles. The van der Waals surface area contributed by atoms with Gasteiger partial charge in [-0.2, -0.15) is 5.10 Å². The lowest BCUT2D eigenvalue weighted by Gasteiger charge is -2.40. The number of methoxy groups -OCH3 is 1. The highest BCUT2D eigenvalue weighted by Crippen LogP contribution is 2.22. The van der Waals surface area contributed by atoms with E-state index >= 15 is 0 Å². The average molecular weight is 384 g/mol. The quantitative estimate of drug-likeness (QED) is 0.864. The summed E-state index contributed by atoms with van der Waals surface area (Å²) in [6.45, 7) is 2.20. The average Bonchev–Trinajstić information content (AvgIpc) is 2.93. The van der Waals surface area contributed by atoms with Crippen molar-refractivity contribution in [1.29, 1.82) is 0 Å². The van der Waals surface area contributed by atoms with Gasteiger partial charge >= 0.3 is 6.09 Å². The summed E-state index contributed by atoms with van der Waals surface area (Å²) in [7, 11) is 1.62. The second kappa shape index (κ2) is 6.71. The fourth-order valence-corrected chi connectivity index (χ4v) is 3.19. The predicted octanol–water partition coefficient (Wildman–Crippen LogP) is 1.70. The fourth-order valence-electron chi connectivity index (χ4n) is 2.82. The summed E-state index contributed by atoms with van der Waals surface area (Å²) in [5, 5.41) is 13.5. The first-order chi connectivity index (χ1) is 11.1. The van der Waals surface area contributed by atoms with Crippen LogP contribution in [0.3, 0.4) is 0 Å². The van der Waals surface area contributed by atoms with Gasteiger partial charge in [-0.25, -0.2) is 14.3 Å². The Hall–Kier alpha value is -1.87. The van der Waals surface area contributed by atoms with E-state index in [9.17, 15) is 9.90 Å². The molecule has 0 radical (unpaired) electrons. The third-order valence-corrected chi connectivity index (χ3v) is 4.58. The summed E-state index contributed by atoms with van der Waals surface area (Å²) in [5.74, 6) is 0.825. The minimum atomic E-state index is -0.882. The summed E-state index contributed by atoms with van der Waals surface area (Å²) in [4.78, 5) is 19.6. The second-order valence-corrected chi connectivity index (χ2v) is 6.26. The van der Waals surface area contributed by atoms with E-state index in [0.717, 1.165) is 15.9 Å². The Bertz CT molecular complexity index is 707. The van der Waals surface area contributed by atoms with Crippen molar-refractivity contribution in [3.8, 4) is 0 Å². The minimum Gasteiger partial charge on any atom is -0.465 e. The maximum Gasteiger partial charge on any atom is 0.407 e. The smallest absolute Gasteiger partial charge is 0.407 e. The Morgan fingerprint density at radius 2 is 2.35 bits per heavy atom. The standard InChI is InChI=1S/C14H18BrN5O3/c1-23-7-3-10-9-18(5-6-19(10)14(21)22)12-2-4-20-13(17-12)11(15)8-16-20/h2,4,8,10H,3,5-7,9H2,1H3,(H,21,22). The number of aromatic nitrogens is 3. The zero-order chi connectivity index (χ0) is 16.4. The van der Waals surface area contributed by atoms with Crippen molar-refractivity contribution in [3.05, 3.63) is 22.9 Å². The Kier molecular flexibility index (Phi) is 4.67. The van der Waals surface area contributed by atoms with Gasteiger partial charge in [0.1, 0.15) is 5.82 Å². The first kappa shape index (κ1) is 16.0. The lowest BCUT2D eigenvalue weighted by Crippen LogP contribution is -2.55. The van der Waals surface area contributed by atoms with Gasteiger partial charge in [-0.15, -0.1) is 0 Å². The first-order valence-corrected chi connectivity index (χ1v) is 8.13. The van der Waals surface area contributed by atoms with Gasteiger partial charge in [-0.3, -0.25) is 0 Å². The van der Waals surface area contributed by atoms with Crippen LogP contribution in [0.4, 0.5) is 10.6 Å². The number of carbonyl (C=O) groups is 1. The molecule has 2 aromatic rings. The number of hydrogen-bond donors (Lipinski definition) is 1. The molecule has 1 aliphatic heterocycles. The molecule has 1 saturated heterocycles. The van der Waals surface area contributed by atoms with Crippen LogP contribution in [0.1, 0.15) is 6.42 Å². The molecule has 1 aliphatic rings. The van der Waals surface area contributed by atoms with E-state index in [4.69, 9.17) is 4.74 Å². The Morgan fingerprint density at radius 3 is 3.09 bits per heavy atom. The van der Waals surface area contributed by atoms with Crippen LogP contribution in [0.2, 0.25) is 0 Å². The molecule has 124 valence electrons. The molecule has 3 rings (SSSR count). The van der Waals surface area contributed by atoms with E-state index < -0.39 is 6.09 Å². The van der Waals surface area contributed by atoms with E-state index in [-0.39, 0.29) is 6.04 Å². The summed E-state index contributed by atoms with van der Waals surface area (Å²) in [6.07, 6.45) is 3.34. The summed E-state index contributed by atoms with van der Waals surface area (Å²) < 4.78 is 7.64. The van der Waals surface area contributed by atoms with Gasteiger partial charge in [0.25, 0.3) is 0 Å². The molecule has 1 unspecified atom stereocenters.